The molecule has 3 fully saturated rings. The molecule has 0 aliphatic carbocycles. The Labute approximate surface area is 355 Å². The number of carbonyl (C=O) groups excluding carboxylic acids is 6. The number of halogens is 1. The van der Waals surface area contributed by atoms with Gasteiger partial charge in [0.2, 0.25) is 17.7 Å². The highest BCUT2D eigenvalue weighted by Crippen LogP contribution is 2.32. The Hall–Kier alpha value is -5.98. The molecular formula is C41H44ClN11O6S. The van der Waals surface area contributed by atoms with Gasteiger partial charge in [0.1, 0.15) is 28.4 Å². The number of aromatic nitrogens is 3. The lowest BCUT2D eigenvalue weighted by Gasteiger charge is -2.37. The molecule has 4 aromatic rings. The third-order valence-electron chi connectivity index (χ3n) is 11.2. The lowest BCUT2D eigenvalue weighted by molar-refractivity contribution is -0.136. The standard InChI is InChI=1S/C41H44ClN11O6S/c1-24-5-3-6-29(42)36(24)48-38(57)31-23-43-41(60-31)46-32-22-33(45-25(2)44-32)51-15-13-49(14-16-51)12-4-7-35(55)52-19-17-50(18-20-52)26-8-9-27-28(21-26)40(59)53(39(27)58)30-10-11-34(54)47-37(30)56/h3,5-6,8-9,21-23,30H,4,7,10-20H2,1-2H3,(H,48,57)(H,47,54,56)(H,43,44,45,46). The van der Waals surface area contributed by atoms with Crippen LogP contribution in [0.1, 0.15) is 67.5 Å². The van der Waals surface area contributed by atoms with Crippen molar-refractivity contribution in [2.24, 2.45) is 0 Å². The number of fused-ring (bicyclic) bond motifs is 1. The van der Waals surface area contributed by atoms with E-state index in [1.54, 1.807) is 24.3 Å². The average molecular weight is 854 g/mol. The highest BCUT2D eigenvalue weighted by molar-refractivity contribution is 7.17. The monoisotopic (exact) mass is 853 g/mol. The summed E-state index contributed by atoms with van der Waals surface area (Å²) in [4.78, 5) is 100. The molecule has 1 unspecified atom stereocenters. The number of amides is 6. The number of anilines is 5. The van der Waals surface area contributed by atoms with Crippen LogP contribution in [0.2, 0.25) is 5.02 Å². The maximum absolute atomic E-state index is 13.3. The first-order valence-corrected chi connectivity index (χ1v) is 21.1. The van der Waals surface area contributed by atoms with E-state index < -0.39 is 29.7 Å². The topological polar surface area (TPSA) is 193 Å². The van der Waals surface area contributed by atoms with Crippen molar-refractivity contribution in [2.75, 3.05) is 79.3 Å². The van der Waals surface area contributed by atoms with E-state index in [9.17, 15) is 28.8 Å². The molecule has 6 heterocycles. The molecule has 0 radical (unpaired) electrons. The van der Waals surface area contributed by atoms with Gasteiger partial charge >= 0.3 is 0 Å². The smallest absolute Gasteiger partial charge is 0.267 e. The van der Waals surface area contributed by atoms with Crippen molar-refractivity contribution in [2.45, 2.75) is 45.6 Å². The minimum Gasteiger partial charge on any atom is -0.368 e. The number of aryl methyl sites for hydroxylation is 2. The van der Waals surface area contributed by atoms with E-state index in [1.165, 1.54) is 17.5 Å². The van der Waals surface area contributed by atoms with E-state index >= 15 is 0 Å². The summed E-state index contributed by atoms with van der Waals surface area (Å²) in [6.45, 7) is 9.97. The number of thiazole rings is 1. The van der Waals surface area contributed by atoms with Crippen LogP contribution >= 0.6 is 22.9 Å². The Morgan fingerprint density at radius 1 is 0.900 bits per heavy atom. The van der Waals surface area contributed by atoms with Crippen LogP contribution in [0.25, 0.3) is 0 Å². The Bertz CT molecular complexity index is 2360. The van der Waals surface area contributed by atoms with Gasteiger partial charge in [-0.25, -0.2) is 15.0 Å². The highest BCUT2D eigenvalue weighted by atomic mass is 35.5. The van der Waals surface area contributed by atoms with E-state index in [4.69, 9.17) is 11.6 Å². The van der Waals surface area contributed by atoms with Crippen LogP contribution in [-0.4, -0.2) is 130 Å². The molecule has 17 nitrogen and oxygen atoms in total. The lowest BCUT2D eigenvalue weighted by Crippen LogP contribution is -2.54. The number of hydrogen-bond acceptors (Lipinski definition) is 14. The summed E-state index contributed by atoms with van der Waals surface area (Å²) in [5, 5.41) is 9.32. The number of piperidine rings is 1. The third-order valence-corrected chi connectivity index (χ3v) is 12.5. The Kier molecular flexibility index (Phi) is 11.8. The van der Waals surface area contributed by atoms with Crippen LogP contribution in [0.4, 0.5) is 28.1 Å². The van der Waals surface area contributed by atoms with Crippen LogP contribution in [0.15, 0.2) is 48.7 Å². The summed E-state index contributed by atoms with van der Waals surface area (Å²) in [6.07, 6.45) is 2.89. The number of nitrogens with zero attached hydrogens (tertiary/aromatic N) is 8. The number of nitrogens with one attached hydrogen (secondary N) is 3. The van der Waals surface area contributed by atoms with E-state index in [-0.39, 0.29) is 35.8 Å². The van der Waals surface area contributed by atoms with E-state index in [2.05, 4.69) is 45.6 Å². The normalized spacial score (nSPS) is 18.5. The molecule has 1 atom stereocenters. The van der Waals surface area contributed by atoms with Crippen LogP contribution in [0.3, 0.4) is 0 Å². The van der Waals surface area contributed by atoms with Gasteiger partial charge in [0, 0.05) is 77.0 Å². The molecule has 60 heavy (non-hydrogen) atoms. The summed E-state index contributed by atoms with van der Waals surface area (Å²) in [6, 6.07) is 11.4. The molecule has 6 amide bonds. The van der Waals surface area contributed by atoms with Gasteiger partial charge in [-0.2, -0.15) is 0 Å². The number of benzene rings is 2. The number of piperazine rings is 2. The fourth-order valence-corrected chi connectivity index (χ4v) is 8.96. The molecular weight excluding hydrogens is 810 g/mol. The summed E-state index contributed by atoms with van der Waals surface area (Å²) in [5.74, 6) is -0.311. The first-order valence-electron chi connectivity index (χ1n) is 19.9. The van der Waals surface area contributed by atoms with Crippen molar-refractivity contribution in [1.29, 1.82) is 0 Å². The van der Waals surface area contributed by atoms with Crippen LogP contribution in [0.5, 0.6) is 0 Å². The Morgan fingerprint density at radius 2 is 1.65 bits per heavy atom. The van der Waals surface area contributed by atoms with Crippen molar-refractivity contribution in [1.82, 2.24) is 35.0 Å². The largest absolute Gasteiger partial charge is 0.368 e. The van der Waals surface area contributed by atoms with E-state index in [0.29, 0.717) is 65.0 Å². The van der Waals surface area contributed by atoms with Gasteiger partial charge < -0.3 is 25.3 Å². The van der Waals surface area contributed by atoms with Crippen molar-refractivity contribution < 1.29 is 28.8 Å². The quantitative estimate of drug-likeness (QED) is 0.185. The molecule has 3 N–H and O–H groups in total. The zero-order valence-corrected chi connectivity index (χ0v) is 34.8. The van der Waals surface area contributed by atoms with Gasteiger partial charge in [-0.05, 0) is 63.1 Å². The zero-order chi connectivity index (χ0) is 42.1. The predicted molar refractivity (Wildman–Crippen MR) is 226 cm³/mol. The van der Waals surface area contributed by atoms with Crippen molar-refractivity contribution in [3.63, 3.8) is 0 Å². The lowest BCUT2D eigenvalue weighted by atomic mass is 10.0. The predicted octanol–water partition coefficient (Wildman–Crippen LogP) is 3.85. The molecule has 0 saturated carbocycles. The molecule has 4 aliphatic rings. The third kappa shape index (κ3) is 8.66. The summed E-state index contributed by atoms with van der Waals surface area (Å²) < 4.78 is 0. The molecule has 2 aromatic heterocycles. The second kappa shape index (κ2) is 17.3. The zero-order valence-electron chi connectivity index (χ0n) is 33.2. The molecule has 0 spiro atoms. The van der Waals surface area contributed by atoms with Crippen molar-refractivity contribution in [3.05, 3.63) is 81.1 Å². The first-order chi connectivity index (χ1) is 28.9. The molecule has 4 aliphatic heterocycles. The molecule has 2 aromatic carbocycles. The maximum atomic E-state index is 13.3. The summed E-state index contributed by atoms with van der Waals surface area (Å²) >= 11 is 7.51. The number of imide groups is 2. The number of carbonyl (C=O) groups is 6. The van der Waals surface area contributed by atoms with E-state index in [0.717, 1.165) is 61.1 Å². The van der Waals surface area contributed by atoms with Gasteiger partial charge in [0.25, 0.3) is 17.7 Å². The average Bonchev–Trinajstić information content (AvgIpc) is 3.80. The Morgan fingerprint density at radius 3 is 2.40 bits per heavy atom. The number of hydrogen-bond donors (Lipinski definition) is 3. The SMILES string of the molecule is Cc1nc(Nc2ncc(C(=O)Nc3c(C)cccc3Cl)s2)cc(N2CCN(CCCC(=O)N3CCN(c4ccc5c(c4)C(=O)N(C4CCC(=O)NC4=O)C5=O)CC3)CC2)n1. The second-order valence-corrected chi connectivity index (χ2v) is 16.6. The highest BCUT2D eigenvalue weighted by Gasteiger charge is 2.45. The fourth-order valence-electron chi connectivity index (χ4n) is 7.97. The van der Waals surface area contributed by atoms with E-state index in [1.807, 2.05) is 36.9 Å². The molecule has 312 valence electrons. The van der Waals surface area contributed by atoms with Gasteiger partial charge in [0.15, 0.2) is 5.13 Å². The van der Waals surface area contributed by atoms with Gasteiger partial charge in [-0.1, -0.05) is 35.1 Å². The molecule has 19 heteroatoms. The summed E-state index contributed by atoms with van der Waals surface area (Å²) in [5.41, 5.74) is 2.69. The van der Waals surface area contributed by atoms with Gasteiger partial charge in [0.05, 0.1) is 28.0 Å². The van der Waals surface area contributed by atoms with Gasteiger partial charge in [-0.3, -0.25) is 43.9 Å². The fraction of sp³-hybridized carbons (Fsp3) is 0.390. The maximum Gasteiger partial charge on any atom is 0.267 e. The molecule has 8 rings (SSSR count). The Balaban J connectivity index is 0.768. The van der Waals surface area contributed by atoms with Crippen LogP contribution < -0.4 is 25.8 Å². The number of rotatable bonds is 11. The van der Waals surface area contributed by atoms with Gasteiger partial charge in [-0.15, -0.1) is 0 Å². The number of para-hydroxylation sites is 1. The molecule has 0 bridgehead atoms. The minimum absolute atomic E-state index is 0.0651. The van der Waals surface area contributed by atoms with Crippen LogP contribution in [-0.2, 0) is 14.4 Å². The van der Waals surface area contributed by atoms with Crippen molar-refractivity contribution in [3.8, 4) is 0 Å². The molecule has 3 saturated heterocycles. The second-order valence-electron chi connectivity index (χ2n) is 15.2. The van der Waals surface area contributed by atoms with Crippen molar-refractivity contribution >= 4 is 86.5 Å². The summed E-state index contributed by atoms with van der Waals surface area (Å²) in [7, 11) is 0. The first kappa shape index (κ1) is 40.8. The minimum atomic E-state index is -1.01. The van der Waals surface area contributed by atoms with Crippen LogP contribution in [0, 0.1) is 13.8 Å².